The van der Waals surface area contributed by atoms with Gasteiger partial charge in [0.05, 0.1) is 6.42 Å². The Labute approximate surface area is 118 Å². The Bertz CT molecular complexity index is 377. The highest BCUT2D eigenvalue weighted by Gasteiger charge is 2.04. The topological polar surface area (TPSA) is 58.6 Å². The number of nitrogens with one attached hydrogen (secondary N) is 1. The first-order chi connectivity index (χ1) is 9.08. The van der Waals surface area contributed by atoms with Crippen molar-refractivity contribution in [2.45, 2.75) is 33.2 Å². The molecule has 0 unspecified atom stereocenters. The van der Waals surface area contributed by atoms with Crippen LogP contribution in [0.2, 0.25) is 0 Å². The minimum Gasteiger partial charge on any atom is -0.481 e. The highest BCUT2D eigenvalue weighted by Crippen LogP contribution is 2.16. The Kier molecular flexibility index (Phi) is 7.70. The molecule has 1 rings (SSSR count). The molecule has 1 heterocycles. The van der Waals surface area contributed by atoms with Crippen LogP contribution in [0.5, 0.6) is 0 Å². The van der Waals surface area contributed by atoms with Crippen molar-refractivity contribution in [3.8, 4) is 0 Å². The van der Waals surface area contributed by atoms with Crippen molar-refractivity contribution in [1.82, 2.24) is 5.32 Å². The lowest BCUT2D eigenvalue weighted by molar-refractivity contribution is -0.136. The van der Waals surface area contributed by atoms with Crippen LogP contribution in [0, 0.1) is 5.92 Å². The molecule has 4 nitrogen and oxygen atoms in total. The molecule has 2 N–H and O–H groups in total. The Balaban J connectivity index is 2.06. The normalized spacial score (nSPS) is 11.1. The minimum atomic E-state index is -0.774. The fraction of sp³-hybridized carbons (Fsp3) is 0.643. The first kappa shape index (κ1) is 16.1. The number of hydrogen-bond donors (Lipinski definition) is 2. The Morgan fingerprint density at radius 1 is 1.42 bits per heavy atom. The van der Waals surface area contributed by atoms with E-state index in [0.717, 1.165) is 37.6 Å². The minimum absolute atomic E-state index is 0.119. The fourth-order valence-electron chi connectivity index (χ4n) is 1.59. The monoisotopic (exact) mass is 285 g/mol. The first-order valence-electron chi connectivity index (χ1n) is 6.65. The lowest BCUT2D eigenvalue weighted by Crippen LogP contribution is -2.16. The van der Waals surface area contributed by atoms with Crippen molar-refractivity contribution in [1.29, 1.82) is 0 Å². The number of ether oxygens (including phenoxy) is 1. The molecule has 0 spiro atoms. The molecule has 0 aromatic carbocycles. The average Bonchev–Trinajstić information content (AvgIpc) is 2.74. The summed E-state index contributed by atoms with van der Waals surface area (Å²) in [6.45, 7) is 7.62. The van der Waals surface area contributed by atoms with Crippen LogP contribution in [-0.2, 0) is 22.5 Å². The molecule has 108 valence electrons. The summed E-state index contributed by atoms with van der Waals surface area (Å²) in [5.41, 5.74) is 0. The van der Waals surface area contributed by atoms with E-state index in [1.54, 1.807) is 11.3 Å². The lowest BCUT2D eigenvalue weighted by atomic mass is 10.2. The second kappa shape index (κ2) is 9.07. The first-order valence-corrected chi connectivity index (χ1v) is 7.47. The van der Waals surface area contributed by atoms with Crippen molar-refractivity contribution >= 4 is 17.3 Å². The second-order valence-corrected chi connectivity index (χ2v) is 6.19. The number of thiophene rings is 1. The van der Waals surface area contributed by atoms with Gasteiger partial charge in [-0.3, -0.25) is 4.79 Å². The Hall–Kier alpha value is -0.910. The van der Waals surface area contributed by atoms with E-state index in [-0.39, 0.29) is 6.42 Å². The molecule has 0 radical (unpaired) electrons. The van der Waals surface area contributed by atoms with Crippen LogP contribution in [0.4, 0.5) is 0 Å². The molecule has 0 aliphatic rings. The molecule has 1 aromatic rings. The van der Waals surface area contributed by atoms with Gasteiger partial charge in [-0.15, -0.1) is 11.3 Å². The van der Waals surface area contributed by atoms with Gasteiger partial charge in [0.15, 0.2) is 0 Å². The van der Waals surface area contributed by atoms with Crippen LogP contribution < -0.4 is 5.32 Å². The number of rotatable bonds is 10. The number of aliphatic carboxylic acids is 1. The van der Waals surface area contributed by atoms with Crippen LogP contribution in [0.25, 0.3) is 0 Å². The molecule has 1 aromatic heterocycles. The molecule has 5 heteroatoms. The maximum atomic E-state index is 10.6. The summed E-state index contributed by atoms with van der Waals surface area (Å²) in [7, 11) is 0. The van der Waals surface area contributed by atoms with E-state index in [1.165, 1.54) is 4.88 Å². The maximum Gasteiger partial charge on any atom is 0.308 e. The average molecular weight is 285 g/mol. The van der Waals surface area contributed by atoms with E-state index in [9.17, 15) is 4.79 Å². The molecular weight excluding hydrogens is 262 g/mol. The van der Waals surface area contributed by atoms with Crippen molar-refractivity contribution < 1.29 is 14.6 Å². The zero-order chi connectivity index (χ0) is 14.1. The SMILES string of the molecule is CC(C)COCCCNCc1ccc(CC(=O)O)s1. The second-order valence-electron chi connectivity index (χ2n) is 4.94. The van der Waals surface area contributed by atoms with Crippen molar-refractivity contribution in [2.24, 2.45) is 5.92 Å². The van der Waals surface area contributed by atoms with E-state index in [4.69, 9.17) is 9.84 Å². The lowest BCUT2D eigenvalue weighted by Gasteiger charge is -2.07. The smallest absolute Gasteiger partial charge is 0.308 e. The Morgan fingerprint density at radius 2 is 2.16 bits per heavy atom. The number of carbonyl (C=O) groups is 1. The summed E-state index contributed by atoms with van der Waals surface area (Å²) >= 11 is 1.56. The quantitative estimate of drug-likeness (QED) is 0.649. The molecule has 0 amide bonds. The molecular formula is C14H23NO3S. The van der Waals surface area contributed by atoms with Crippen LogP contribution in [0.3, 0.4) is 0 Å². The van der Waals surface area contributed by atoms with Gasteiger partial charge in [0.2, 0.25) is 0 Å². The van der Waals surface area contributed by atoms with Crippen LogP contribution in [-0.4, -0.2) is 30.8 Å². The summed E-state index contributed by atoms with van der Waals surface area (Å²) in [6.07, 6.45) is 1.12. The van der Waals surface area contributed by atoms with Gasteiger partial charge in [-0.05, 0) is 31.0 Å². The molecule has 0 aliphatic heterocycles. The maximum absolute atomic E-state index is 10.6. The standard InChI is InChI=1S/C14H23NO3S/c1-11(2)10-18-7-3-6-15-9-13-5-4-12(19-13)8-14(16)17/h4-5,11,15H,3,6-10H2,1-2H3,(H,16,17). The number of hydrogen-bond acceptors (Lipinski definition) is 4. The van der Waals surface area contributed by atoms with E-state index < -0.39 is 5.97 Å². The predicted octanol–water partition coefficient (Wildman–Crippen LogP) is 2.53. The third-order valence-electron chi connectivity index (χ3n) is 2.44. The van der Waals surface area contributed by atoms with Gasteiger partial charge in [0.25, 0.3) is 0 Å². The van der Waals surface area contributed by atoms with E-state index in [2.05, 4.69) is 19.2 Å². The fourth-order valence-corrected chi connectivity index (χ4v) is 2.57. The third-order valence-corrected chi connectivity index (χ3v) is 3.52. The molecule has 0 saturated carbocycles. The van der Waals surface area contributed by atoms with E-state index in [1.807, 2.05) is 12.1 Å². The summed E-state index contributed by atoms with van der Waals surface area (Å²) in [4.78, 5) is 12.7. The van der Waals surface area contributed by atoms with Gasteiger partial charge in [0.1, 0.15) is 0 Å². The van der Waals surface area contributed by atoms with Gasteiger partial charge >= 0.3 is 5.97 Å². The Morgan fingerprint density at radius 3 is 2.84 bits per heavy atom. The largest absolute Gasteiger partial charge is 0.481 e. The number of carboxylic acids is 1. The van der Waals surface area contributed by atoms with Gasteiger partial charge in [-0.2, -0.15) is 0 Å². The summed E-state index contributed by atoms with van der Waals surface area (Å²) in [5, 5.41) is 12.0. The zero-order valence-corrected chi connectivity index (χ0v) is 12.5. The van der Waals surface area contributed by atoms with Crippen molar-refractivity contribution in [3.05, 3.63) is 21.9 Å². The summed E-state index contributed by atoms with van der Waals surface area (Å²) < 4.78 is 5.49. The molecule has 19 heavy (non-hydrogen) atoms. The molecule has 0 aliphatic carbocycles. The van der Waals surface area contributed by atoms with Gasteiger partial charge < -0.3 is 15.2 Å². The van der Waals surface area contributed by atoms with E-state index in [0.29, 0.717) is 5.92 Å². The highest BCUT2D eigenvalue weighted by atomic mass is 32.1. The van der Waals surface area contributed by atoms with Gasteiger partial charge in [-0.1, -0.05) is 13.8 Å². The molecule has 0 fully saturated rings. The van der Waals surface area contributed by atoms with Gasteiger partial charge in [-0.25, -0.2) is 0 Å². The van der Waals surface area contributed by atoms with Gasteiger partial charge in [0, 0.05) is 29.5 Å². The third kappa shape index (κ3) is 7.97. The van der Waals surface area contributed by atoms with Crippen LogP contribution in [0.15, 0.2) is 12.1 Å². The predicted molar refractivity (Wildman–Crippen MR) is 77.6 cm³/mol. The molecule has 0 saturated heterocycles. The zero-order valence-electron chi connectivity index (χ0n) is 11.6. The summed E-state index contributed by atoms with van der Waals surface area (Å²) in [5.74, 6) is -0.185. The molecule has 0 bridgehead atoms. The molecule has 0 atom stereocenters. The van der Waals surface area contributed by atoms with Crippen molar-refractivity contribution in [2.75, 3.05) is 19.8 Å². The van der Waals surface area contributed by atoms with Crippen LogP contribution in [0.1, 0.15) is 30.0 Å². The summed E-state index contributed by atoms with van der Waals surface area (Å²) in [6, 6.07) is 3.88. The highest BCUT2D eigenvalue weighted by molar-refractivity contribution is 7.12. The van der Waals surface area contributed by atoms with Crippen LogP contribution >= 0.6 is 11.3 Å². The van der Waals surface area contributed by atoms with E-state index >= 15 is 0 Å². The van der Waals surface area contributed by atoms with Crippen molar-refractivity contribution in [3.63, 3.8) is 0 Å². The number of carboxylic acid groups (broad SMARTS) is 1.